The second kappa shape index (κ2) is 8.65. The van der Waals surface area contributed by atoms with E-state index in [1.54, 1.807) is 18.2 Å². The molecule has 6 nitrogen and oxygen atoms in total. The van der Waals surface area contributed by atoms with Gasteiger partial charge in [0.1, 0.15) is 5.75 Å². The number of carbonyl (C=O) groups excluding carboxylic acids is 2. The standard InChI is InChI=1S/C23H24N2O4/c1-15-13-20(29-14-22(26)28-4)11-12-21(15)24-23(27)18-7-9-19(10-8-18)25-16(2)5-6-17(25)3/h5-13H,14H2,1-4H3,(H,24,27). The van der Waals surface area contributed by atoms with Gasteiger partial charge in [0, 0.05) is 28.3 Å². The van der Waals surface area contributed by atoms with Crippen LogP contribution < -0.4 is 10.1 Å². The largest absolute Gasteiger partial charge is 0.482 e. The molecular weight excluding hydrogens is 368 g/mol. The van der Waals surface area contributed by atoms with Crippen LogP contribution in [-0.2, 0) is 9.53 Å². The van der Waals surface area contributed by atoms with Crippen LogP contribution in [0.4, 0.5) is 5.69 Å². The first-order valence-electron chi connectivity index (χ1n) is 9.26. The Hall–Kier alpha value is -3.54. The Labute approximate surface area is 170 Å². The Morgan fingerprint density at radius 1 is 0.931 bits per heavy atom. The molecule has 1 amide bonds. The summed E-state index contributed by atoms with van der Waals surface area (Å²) in [5, 5.41) is 2.91. The van der Waals surface area contributed by atoms with Gasteiger partial charge in [-0.05, 0) is 80.9 Å². The molecule has 1 aromatic heterocycles. The van der Waals surface area contributed by atoms with Gasteiger partial charge in [-0.25, -0.2) is 4.79 Å². The summed E-state index contributed by atoms with van der Waals surface area (Å²) in [5.74, 6) is -0.106. The number of aromatic nitrogens is 1. The maximum atomic E-state index is 12.6. The van der Waals surface area contributed by atoms with Crippen molar-refractivity contribution in [2.24, 2.45) is 0 Å². The predicted molar refractivity (Wildman–Crippen MR) is 112 cm³/mol. The van der Waals surface area contributed by atoms with E-state index in [0.29, 0.717) is 17.0 Å². The zero-order chi connectivity index (χ0) is 21.0. The van der Waals surface area contributed by atoms with Gasteiger partial charge in [0.2, 0.25) is 0 Å². The molecule has 0 saturated heterocycles. The van der Waals surface area contributed by atoms with Gasteiger partial charge in [-0.2, -0.15) is 0 Å². The number of nitrogens with zero attached hydrogens (tertiary/aromatic N) is 1. The third kappa shape index (κ3) is 4.66. The summed E-state index contributed by atoms with van der Waals surface area (Å²) in [6.07, 6.45) is 0. The van der Waals surface area contributed by atoms with E-state index in [2.05, 4.69) is 40.6 Å². The monoisotopic (exact) mass is 392 g/mol. The van der Waals surface area contributed by atoms with E-state index >= 15 is 0 Å². The molecular formula is C23H24N2O4. The Bertz CT molecular complexity index is 1020. The average Bonchev–Trinajstić information content (AvgIpc) is 3.06. The number of benzene rings is 2. The van der Waals surface area contributed by atoms with Crippen LogP contribution in [0.1, 0.15) is 27.3 Å². The van der Waals surface area contributed by atoms with Crippen LogP contribution in [0.5, 0.6) is 5.75 Å². The van der Waals surface area contributed by atoms with Crippen LogP contribution in [0, 0.1) is 20.8 Å². The molecule has 6 heteroatoms. The Kier molecular flexibility index (Phi) is 6.02. The molecule has 0 unspecified atom stereocenters. The number of methoxy groups -OCH3 is 1. The van der Waals surface area contributed by atoms with E-state index in [4.69, 9.17) is 4.74 Å². The van der Waals surface area contributed by atoms with E-state index < -0.39 is 5.97 Å². The van der Waals surface area contributed by atoms with Crippen molar-refractivity contribution in [1.82, 2.24) is 4.57 Å². The maximum absolute atomic E-state index is 12.6. The first-order valence-corrected chi connectivity index (χ1v) is 9.26. The van der Waals surface area contributed by atoms with Crippen molar-refractivity contribution in [3.63, 3.8) is 0 Å². The van der Waals surface area contributed by atoms with Crippen LogP contribution in [0.15, 0.2) is 54.6 Å². The van der Waals surface area contributed by atoms with Gasteiger partial charge in [-0.15, -0.1) is 0 Å². The molecule has 3 aromatic rings. The topological polar surface area (TPSA) is 69.6 Å². The number of aryl methyl sites for hydroxylation is 3. The highest BCUT2D eigenvalue weighted by atomic mass is 16.6. The zero-order valence-electron chi connectivity index (χ0n) is 17.0. The van der Waals surface area contributed by atoms with Gasteiger partial charge >= 0.3 is 5.97 Å². The van der Waals surface area contributed by atoms with Crippen LogP contribution >= 0.6 is 0 Å². The van der Waals surface area contributed by atoms with E-state index in [9.17, 15) is 9.59 Å². The number of hydrogen-bond donors (Lipinski definition) is 1. The molecule has 2 aromatic carbocycles. The lowest BCUT2D eigenvalue weighted by Gasteiger charge is -2.12. The molecule has 0 aliphatic heterocycles. The normalized spacial score (nSPS) is 10.5. The molecule has 0 radical (unpaired) electrons. The summed E-state index contributed by atoms with van der Waals surface area (Å²) in [6, 6.07) is 16.8. The number of amides is 1. The lowest BCUT2D eigenvalue weighted by molar-refractivity contribution is -0.142. The summed E-state index contributed by atoms with van der Waals surface area (Å²) in [4.78, 5) is 23.8. The Morgan fingerprint density at radius 2 is 1.59 bits per heavy atom. The number of nitrogens with one attached hydrogen (secondary N) is 1. The molecule has 1 N–H and O–H groups in total. The van der Waals surface area contributed by atoms with Crippen LogP contribution in [0.3, 0.4) is 0 Å². The number of hydrogen-bond acceptors (Lipinski definition) is 4. The van der Waals surface area contributed by atoms with E-state index in [1.165, 1.54) is 7.11 Å². The number of rotatable bonds is 6. The third-order valence-corrected chi connectivity index (χ3v) is 4.69. The van der Waals surface area contributed by atoms with Crippen molar-refractivity contribution in [3.05, 3.63) is 77.1 Å². The fraction of sp³-hybridized carbons (Fsp3) is 0.217. The first-order chi connectivity index (χ1) is 13.9. The van der Waals surface area contributed by atoms with Crippen molar-refractivity contribution in [1.29, 1.82) is 0 Å². The smallest absolute Gasteiger partial charge is 0.343 e. The van der Waals surface area contributed by atoms with Gasteiger partial charge < -0.3 is 19.4 Å². The highest BCUT2D eigenvalue weighted by molar-refractivity contribution is 6.04. The summed E-state index contributed by atoms with van der Waals surface area (Å²) in [7, 11) is 1.31. The molecule has 3 rings (SSSR count). The minimum absolute atomic E-state index is 0.158. The molecule has 29 heavy (non-hydrogen) atoms. The Morgan fingerprint density at radius 3 is 2.17 bits per heavy atom. The SMILES string of the molecule is COC(=O)COc1ccc(NC(=O)c2ccc(-n3c(C)ccc3C)cc2)c(C)c1. The van der Waals surface area contributed by atoms with Gasteiger partial charge in [0.25, 0.3) is 5.91 Å². The van der Waals surface area contributed by atoms with Crippen molar-refractivity contribution < 1.29 is 19.1 Å². The average molecular weight is 392 g/mol. The minimum Gasteiger partial charge on any atom is -0.482 e. The Balaban J connectivity index is 1.69. The van der Waals surface area contributed by atoms with E-state index in [1.807, 2.05) is 31.2 Å². The predicted octanol–water partition coefficient (Wildman–Crippen LogP) is 4.21. The third-order valence-electron chi connectivity index (χ3n) is 4.69. The number of anilines is 1. The van der Waals surface area contributed by atoms with Gasteiger partial charge in [-0.3, -0.25) is 4.79 Å². The maximum Gasteiger partial charge on any atom is 0.343 e. The molecule has 150 valence electrons. The number of esters is 1. The van der Waals surface area contributed by atoms with Crippen molar-refractivity contribution in [2.45, 2.75) is 20.8 Å². The second-order valence-electron chi connectivity index (χ2n) is 6.79. The molecule has 0 aliphatic rings. The fourth-order valence-corrected chi connectivity index (χ4v) is 3.10. The van der Waals surface area contributed by atoms with Gasteiger partial charge in [0.05, 0.1) is 7.11 Å². The summed E-state index contributed by atoms with van der Waals surface area (Å²) in [6.45, 7) is 5.81. The summed E-state index contributed by atoms with van der Waals surface area (Å²) in [5.41, 5.74) is 5.39. The number of ether oxygens (including phenoxy) is 2. The van der Waals surface area contributed by atoms with Crippen molar-refractivity contribution in [3.8, 4) is 11.4 Å². The second-order valence-corrected chi connectivity index (χ2v) is 6.79. The highest BCUT2D eigenvalue weighted by Gasteiger charge is 2.11. The molecule has 0 spiro atoms. The summed E-state index contributed by atoms with van der Waals surface area (Å²) < 4.78 is 12.1. The lowest BCUT2D eigenvalue weighted by Crippen LogP contribution is -2.14. The van der Waals surface area contributed by atoms with Gasteiger partial charge in [-0.1, -0.05) is 0 Å². The first kappa shape index (κ1) is 20.2. The fourth-order valence-electron chi connectivity index (χ4n) is 3.10. The molecule has 0 aliphatic carbocycles. The molecule has 0 bridgehead atoms. The minimum atomic E-state index is -0.450. The summed E-state index contributed by atoms with van der Waals surface area (Å²) >= 11 is 0. The molecule has 0 fully saturated rings. The zero-order valence-corrected chi connectivity index (χ0v) is 17.0. The van der Waals surface area contributed by atoms with E-state index in [-0.39, 0.29) is 12.5 Å². The van der Waals surface area contributed by atoms with Gasteiger partial charge in [0.15, 0.2) is 6.61 Å². The quantitative estimate of drug-likeness (QED) is 0.638. The van der Waals surface area contributed by atoms with Crippen LogP contribution in [-0.4, -0.2) is 30.2 Å². The molecule has 0 atom stereocenters. The highest BCUT2D eigenvalue weighted by Crippen LogP contribution is 2.23. The number of carbonyl (C=O) groups is 2. The van der Waals surface area contributed by atoms with Crippen molar-refractivity contribution in [2.75, 3.05) is 19.0 Å². The van der Waals surface area contributed by atoms with Crippen LogP contribution in [0.25, 0.3) is 5.69 Å². The van der Waals surface area contributed by atoms with E-state index in [0.717, 1.165) is 22.6 Å². The molecule has 0 saturated carbocycles. The van der Waals surface area contributed by atoms with Crippen LogP contribution in [0.2, 0.25) is 0 Å². The molecule has 1 heterocycles. The lowest BCUT2D eigenvalue weighted by atomic mass is 10.1. The van der Waals surface area contributed by atoms with Crippen molar-refractivity contribution >= 4 is 17.6 Å².